The van der Waals surface area contributed by atoms with Crippen molar-refractivity contribution in [1.82, 2.24) is 0 Å². The molecule has 0 radical (unpaired) electrons. The van der Waals surface area contributed by atoms with Gasteiger partial charge in [-0.1, -0.05) is 0 Å². The van der Waals surface area contributed by atoms with Gasteiger partial charge in [0.15, 0.2) is 5.88 Å². The van der Waals surface area contributed by atoms with E-state index in [0.717, 1.165) is 23.3 Å². The van der Waals surface area contributed by atoms with E-state index in [0.29, 0.717) is 44.6 Å². The van der Waals surface area contributed by atoms with E-state index >= 15 is 0 Å². The highest BCUT2D eigenvalue weighted by molar-refractivity contribution is 6.10. The van der Waals surface area contributed by atoms with E-state index in [2.05, 4.69) is 4.99 Å². The monoisotopic (exact) mass is 305 g/mol. The fourth-order valence-corrected chi connectivity index (χ4v) is 2.55. The molecule has 6 heteroatoms. The van der Waals surface area contributed by atoms with E-state index < -0.39 is 0 Å². The number of aliphatic imine (C=N–C) groups is 1. The first-order chi connectivity index (χ1) is 10.7. The lowest BCUT2D eigenvalue weighted by molar-refractivity contribution is -0.108. The zero-order chi connectivity index (χ0) is 15.4. The number of nitrogens with two attached hydrogens (primary N) is 1. The van der Waals surface area contributed by atoms with E-state index in [1.54, 1.807) is 12.1 Å². The molecule has 118 valence electrons. The molecule has 4 N–H and O–H groups in total. The van der Waals surface area contributed by atoms with Crippen LogP contribution in [-0.4, -0.2) is 49.9 Å². The maximum atomic E-state index is 7.69. The zero-order valence-corrected chi connectivity index (χ0v) is 12.4. The van der Waals surface area contributed by atoms with Gasteiger partial charge in [-0.15, -0.1) is 0 Å². The summed E-state index contributed by atoms with van der Waals surface area (Å²) in [5.74, 6) is 0.832. The first-order valence-corrected chi connectivity index (χ1v) is 7.41. The predicted octanol–water partition coefficient (Wildman–Crippen LogP) is 0.702. The van der Waals surface area contributed by atoms with Gasteiger partial charge in [-0.05, 0) is 18.1 Å². The summed E-state index contributed by atoms with van der Waals surface area (Å²) in [4.78, 5) is 4.50. The Balaban J connectivity index is 1.65. The molecule has 0 aliphatic carbocycles. The SMILES string of the molecule is N/C(=C\C1=NCCc2cc([OH2+])ccc21)OC[C@@H]1COCCO1. The molecule has 0 bridgehead atoms. The summed E-state index contributed by atoms with van der Waals surface area (Å²) >= 11 is 0. The first kappa shape index (κ1) is 14.9. The highest BCUT2D eigenvalue weighted by atomic mass is 16.6. The van der Waals surface area contributed by atoms with E-state index in [9.17, 15) is 0 Å². The molecule has 0 aromatic heterocycles. The lowest BCUT2D eigenvalue weighted by Crippen LogP contribution is -2.32. The summed E-state index contributed by atoms with van der Waals surface area (Å²) in [6, 6.07) is 5.55. The van der Waals surface area contributed by atoms with Crippen molar-refractivity contribution in [3.05, 3.63) is 41.3 Å². The lowest BCUT2D eigenvalue weighted by Gasteiger charge is -2.23. The number of rotatable bonds is 4. The third-order valence-corrected chi connectivity index (χ3v) is 3.64. The van der Waals surface area contributed by atoms with Crippen LogP contribution < -0.4 is 5.73 Å². The smallest absolute Gasteiger partial charge is 0.254 e. The fraction of sp³-hybridized carbons (Fsp3) is 0.438. The molecule has 0 amide bonds. The number of benzene rings is 1. The summed E-state index contributed by atoms with van der Waals surface area (Å²) < 4.78 is 16.4. The second kappa shape index (κ2) is 6.81. The Bertz CT molecular complexity index is 592. The molecule has 1 fully saturated rings. The molecule has 1 aromatic carbocycles. The molecule has 1 aromatic rings. The first-order valence-electron chi connectivity index (χ1n) is 7.41. The fourth-order valence-electron chi connectivity index (χ4n) is 2.55. The van der Waals surface area contributed by atoms with Crippen LogP contribution in [0.5, 0.6) is 5.75 Å². The van der Waals surface area contributed by atoms with Gasteiger partial charge in [-0.2, -0.15) is 0 Å². The van der Waals surface area contributed by atoms with Gasteiger partial charge in [-0.25, -0.2) is 0 Å². The van der Waals surface area contributed by atoms with Crippen molar-refractivity contribution < 1.29 is 19.3 Å². The summed E-state index contributed by atoms with van der Waals surface area (Å²) in [6.45, 7) is 2.83. The maximum Gasteiger partial charge on any atom is 0.254 e. The van der Waals surface area contributed by atoms with Gasteiger partial charge in [-0.3, -0.25) is 4.99 Å². The minimum absolute atomic E-state index is 0.0767. The molecule has 1 atom stereocenters. The van der Waals surface area contributed by atoms with Gasteiger partial charge in [0.1, 0.15) is 12.7 Å². The van der Waals surface area contributed by atoms with E-state index in [1.165, 1.54) is 0 Å². The summed E-state index contributed by atoms with van der Waals surface area (Å²) in [5.41, 5.74) is 8.89. The molecular formula is C16H21N2O4+. The Morgan fingerprint density at radius 3 is 3.18 bits per heavy atom. The highest BCUT2D eigenvalue weighted by Gasteiger charge is 2.17. The number of hydrogen-bond donors (Lipinski definition) is 1. The average Bonchev–Trinajstić information content (AvgIpc) is 2.54. The van der Waals surface area contributed by atoms with Crippen molar-refractivity contribution in [2.45, 2.75) is 12.5 Å². The average molecular weight is 305 g/mol. The van der Waals surface area contributed by atoms with Crippen LogP contribution in [0.4, 0.5) is 0 Å². The number of hydrogen-bond acceptors (Lipinski definition) is 5. The van der Waals surface area contributed by atoms with E-state index in [4.69, 9.17) is 25.1 Å². The van der Waals surface area contributed by atoms with Gasteiger partial charge < -0.3 is 25.1 Å². The Morgan fingerprint density at radius 2 is 2.36 bits per heavy atom. The molecule has 22 heavy (non-hydrogen) atoms. The van der Waals surface area contributed by atoms with Gasteiger partial charge in [0, 0.05) is 30.3 Å². The minimum atomic E-state index is -0.0767. The largest absolute Gasteiger partial charge is 0.593 e. The Labute approximate surface area is 129 Å². The van der Waals surface area contributed by atoms with Crippen LogP contribution in [-0.2, 0) is 20.6 Å². The van der Waals surface area contributed by atoms with Crippen LogP contribution in [0, 0.1) is 0 Å². The molecule has 1 saturated heterocycles. The Morgan fingerprint density at radius 1 is 1.45 bits per heavy atom. The Hall–Kier alpha value is -2.05. The topological polar surface area (TPSA) is 89.0 Å². The normalized spacial score (nSPS) is 21.9. The number of nitrogens with zero attached hydrogens (tertiary/aromatic N) is 1. The van der Waals surface area contributed by atoms with Gasteiger partial charge >= 0.3 is 0 Å². The maximum absolute atomic E-state index is 7.69. The molecule has 3 rings (SSSR count). The third-order valence-electron chi connectivity index (χ3n) is 3.64. The second-order valence-electron chi connectivity index (χ2n) is 5.31. The van der Waals surface area contributed by atoms with Crippen LogP contribution in [0.3, 0.4) is 0 Å². The van der Waals surface area contributed by atoms with Crippen molar-refractivity contribution >= 4 is 5.71 Å². The molecule has 2 aliphatic rings. The van der Waals surface area contributed by atoms with Crippen LogP contribution in [0.15, 0.2) is 35.2 Å². The van der Waals surface area contributed by atoms with Crippen LogP contribution >= 0.6 is 0 Å². The lowest BCUT2D eigenvalue weighted by atomic mass is 9.97. The minimum Gasteiger partial charge on any atom is -0.593 e. The Kier molecular flexibility index (Phi) is 4.60. The van der Waals surface area contributed by atoms with Gasteiger partial charge in [0.2, 0.25) is 0 Å². The molecule has 0 saturated carbocycles. The van der Waals surface area contributed by atoms with Gasteiger partial charge in [0.05, 0.1) is 25.5 Å². The van der Waals surface area contributed by atoms with Crippen molar-refractivity contribution in [2.24, 2.45) is 10.7 Å². The molecule has 6 nitrogen and oxygen atoms in total. The van der Waals surface area contributed by atoms with Crippen molar-refractivity contribution in [1.29, 1.82) is 0 Å². The molecule has 2 heterocycles. The third kappa shape index (κ3) is 3.58. The quantitative estimate of drug-likeness (QED) is 0.655. The van der Waals surface area contributed by atoms with Crippen molar-refractivity contribution in [3.63, 3.8) is 0 Å². The van der Waals surface area contributed by atoms with Crippen molar-refractivity contribution in [3.8, 4) is 5.75 Å². The van der Waals surface area contributed by atoms with Crippen LogP contribution in [0.1, 0.15) is 11.1 Å². The van der Waals surface area contributed by atoms with Gasteiger partial charge in [0.25, 0.3) is 5.75 Å². The molecule has 0 unspecified atom stereocenters. The second-order valence-corrected chi connectivity index (χ2v) is 5.31. The molecule has 2 aliphatic heterocycles. The highest BCUT2D eigenvalue weighted by Crippen LogP contribution is 2.22. The standard InChI is InChI=1S/C16H20N2O4/c17-16(22-10-13-9-20-5-6-21-13)8-15-14-2-1-12(19)7-11(14)3-4-18-15/h1-2,7-8,13,19H,3-6,9-10,17H2/p+1/b16-8+/t13-/m0/s1. The summed E-state index contributed by atoms with van der Waals surface area (Å²) in [6.07, 6.45) is 2.52. The number of fused-ring (bicyclic) bond motifs is 1. The van der Waals surface area contributed by atoms with Crippen LogP contribution in [0.25, 0.3) is 0 Å². The van der Waals surface area contributed by atoms with Crippen molar-refractivity contribution in [2.75, 3.05) is 33.0 Å². The number of ether oxygens (including phenoxy) is 3. The van der Waals surface area contributed by atoms with E-state index in [1.807, 2.05) is 12.1 Å². The summed E-state index contributed by atoms with van der Waals surface area (Å²) in [5, 5.41) is 7.69. The number of allylic oxidation sites excluding steroid dienone is 1. The zero-order valence-electron chi connectivity index (χ0n) is 12.4. The predicted molar refractivity (Wildman–Crippen MR) is 83.4 cm³/mol. The van der Waals surface area contributed by atoms with E-state index in [-0.39, 0.29) is 6.10 Å². The summed E-state index contributed by atoms with van der Waals surface area (Å²) in [7, 11) is 0. The molecule has 0 spiro atoms. The molecular weight excluding hydrogens is 284 g/mol. The van der Waals surface area contributed by atoms with Crippen LogP contribution in [0.2, 0.25) is 0 Å².